The van der Waals surface area contributed by atoms with Crippen molar-refractivity contribution in [3.8, 4) is 0 Å². The Morgan fingerprint density at radius 2 is 2.33 bits per heavy atom. The van der Waals surface area contributed by atoms with Crippen LogP contribution in [-0.2, 0) is 0 Å². The number of hydroxylamine groups is 1. The molecule has 0 bridgehead atoms. The molecule has 0 rings (SSSR count). The molecular formula is C6H15N2O. The molecule has 0 aromatic carbocycles. The van der Waals surface area contributed by atoms with Gasteiger partial charge in [-0.15, -0.1) is 0 Å². The fourth-order valence-corrected chi connectivity index (χ4v) is 0.691. The molecule has 0 saturated carbocycles. The Bertz CT molecular complexity index is 64.1. The van der Waals surface area contributed by atoms with Gasteiger partial charge in [0.2, 0.25) is 0 Å². The maximum Gasteiger partial charge on any atom is 0.0468 e. The summed E-state index contributed by atoms with van der Waals surface area (Å²) in [4.78, 5) is 0. The number of hydrogen-bond acceptors (Lipinski definition) is 3. The van der Waals surface area contributed by atoms with Gasteiger partial charge in [-0.25, -0.2) is 5.48 Å². The zero-order valence-electron chi connectivity index (χ0n) is 5.80. The molecule has 55 valence electrons. The molecule has 0 aliphatic carbocycles. The second kappa shape index (κ2) is 4.73. The normalized spacial score (nSPS) is 17.3. The van der Waals surface area contributed by atoms with Crippen LogP contribution in [0, 0.1) is 6.92 Å². The van der Waals surface area contributed by atoms with Crippen LogP contribution in [-0.4, -0.2) is 17.3 Å². The van der Waals surface area contributed by atoms with Crippen molar-refractivity contribution in [2.75, 3.05) is 0 Å². The fourth-order valence-electron chi connectivity index (χ4n) is 0.691. The smallest absolute Gasteiger partial charge is 0.0468 e. The van der Waals surface area contributed by atoms with Gasteiger partial charge in [0, 0.05) is 12.1 Å². The van der Waals surface area contributed by atoms with E-state index in [4.69, 9.17) is 10.9 Å². The summed E-state index contributed by atoms with van der Waals surface area (Å²) in [6.45, 7) is 5.59. The average Bonchev–Trinajstić information content (AvgIpc) is 1.90. The van der Waals surface area contributed by atoms with Crippen LogP contribution in [0.15, 0.2) is 0 Å². The van der Waals surface area contributed by atoms with E-state index in [2.05, 4.69) is 12.4 Å². The van der Waals surface area contributed by atoms with Gasteiger partial charge >= 0.3 is 0 Å². The molecule has 0 saturated heterocycles. The summed E-state index contributed by atoms with van der Waals surface area (Å²) in [7, 11) is 0. The van der Waals surface area contributed by atoms with Crippen LogP contribution in [0.5, 0.6) is 0 Å². The Labute approximate surface area is 56.2 Å². The van der Waals surface area contributed by atoms with Gasteiger partial charge in [0.05, 0.1) is 0 Å². The first kappa shape index (κ1) is 8.88. The Balaban J connectivity index is 3.50. The van der Waals surface area contributed by atoms with Crippen LogP contribution >= 0.6 is 0 Å². The number of rotatable bonds is 4. The summed E-state index contributed by atoms with van der Waals surface area (Å²) in [5.41, 5.74) is 7.69. The molecule has 0 aliphatic heterocycles. The minimum Gasteiger partial charge on any atom is -0.326 e. The standard InChI is InChI=1S/C6H15N2O/c1-3-5(7)6(4-2)8-9/h5-6,8-9H,1,3-4,7H2,2H3. The molecule has 9 heavy (non-hydrogen) atoms. The average molecular weight is 131 g/mol. The minimum atomic E-state index is -0.0417. The van der Waals surface area contributed by atoms with E-state index in [0.29, 0.717) is 6.42 Å². The zero-order valence-corrected chi connectivity index (χ0v) is 5.80. The summed E-state index contributed by atoms with van der Waals surface area (Å²) in [6, 6.07) is -0.0532. The SMILES string of the molecule is [CH2]CC(N)C(CC)NO. The highest BCUT2D eigenvalue weighted by Gasteiger charge is 2.11. The van der Waals surface area contributed by atoms with Crippen LogP contribution in [0.3, 0.4) is 0 Å². The third-order valence-electron chi connectivity index (χ3n) is 1.46. The first-order valence-electron chi connectivity index (χ1n) is 3.20. The van der Waals surface area contributed by atoms with Crippen molar-refractivity contribution in [3.05, 3.63) is 6.92 Å². The zero-order chi connectivity index (χ0) is 7.28. The summed E-state index contributed by atoms with van der Waals surface area (Å²) in [5, 5.41) is 8.47. The number of nitrogens with one attached hydrogen (secondary N) is 1. The van der Waals surface area contributed by atoms with Gasteiger partial charge < -0.3 is 10.9 Å². The highest BCUT2D eigenvalue weighted by atomic mass is 16.5. The van der Waals surface area contributed by atoms with Gasteiger partial charge in [0.15, 0.2) is 0 Å². The Morgan fingerprint density at radius 1 is 1.78 bits per heavy atom. The van der Waals surface area contributed by atoms with Gasteiger partial charge in [-0.3, -0.25) is 0 Å². The molecule has 1 radical (unpaired) electrons. The first-order chi connectivity index (χ1) is 4.26. The lowest BCUT2D eigenvalue weighted by Crippen LogP contribution is -2.42. The van der Waals surface area contributed by atoms with Crippen LogP contribution in [0.25, 0.3) is 0 Å². The third kappa shape index (κ3) is 2.79. The molecule has 0 spiro atoms. The lowest BCUT2D eigenvalue weighted by atomic mass is 10.1. The Kier molecular flexibility index (Phi) is 4.67. The maximum absolute atomic E-state index is 8.47. The van der Waals surface area contributed by atoms with E-state index in [1.165, 1.54) is 0 Å². The van der Waals surface area contributed by atoms with E-state index in [-0.39, 0.29) is 12.1 Å². The van der Waals surface area contributed by atoms with Crippen LogP contribution in [0.2, 0.25) is 0 Å². The lowest BCUT2D eigenvalue weighted by molar-refractivity contribution is 0.111. The molecule has 2 unspecified atom stereocenters. The Hall–Kier alpha value is -0.120. The van der Waals surface area contributed by atoms with E-state index < -0.39 is 0 Å². The molecule has 0 aromatic heterocycles. The largest absolute Gasteiger partial charge is 0.326 e. The second-order valence-electron chi connectivity index (χ2n) is 2.10. The molecule has 0 aromatic rings. The molecule has 3 nitrogen and oxygen atoms in total. The van der Waals surface area contributed by atoms with Crippen LogP contribution < -0.4 is 11.2 Å². The minimum absolute atomic E-state index is 0.0116. The van der Waals surface area contributed by atoms with Crippen molar-refractivity contribution in [1.29, 1.82) is 0 Å². The van der Waals surface area contributed by atoms with Crippen molar-refractivity contribution in [3.63, 3.8) is 0 Å². The fraction of sp³-hybridized carbons (Fsp3) is 0.833. The molecule has 0 heterocycles. The molecule has 2 atom stereocenters. The van der Waals surface area contributed by atoms with E-state index >= 15 is 0 Å². The Morgan fingerprint density at radius 3 is 2.44 bits per heavy atom. The number of hydrogen-bond donors (Lipinski definition) is 3. The predicted molar refractivity (Wildman–Crippen MR) is 37.0 cm³/mol. The maximum atomic E-state index is 8.47. The molecule has 0 aliphatic rings. The van der Waals surface area contributed by atoms with E-state index in [0.717, 1.165) is 6.42 Å². The topological polar surface area (TPSA) is 58.3 Å². The van der Waals surface area contributed by atoms with Gasteiger partial charge in [-0.05, 0) is 12.8 Å². The van der Waals surface area contributed by atoms with Crippen molar-refractivity contribution in [2.24, 2.45) is 5.73 Å². The summed E-state index contributed by atoms with van der Waals surface area (Å²) >= 11 is 0. The summed E-state index contributed by atoms with van der Waals surface area (Å²) in [6.07, 6.45) is 1.47. The van der Waals surface area contributed by atoms with Crippen LogP contribution in [0.1, 0.15) is 19.8 Å². The van der Waals surface area contributed by atoms with E-state index in [1.54, 1.807) is 0 Å². The monoisotopic (exact) mass is 131 g/mol. The first-order valence-corrected chi connectivity index (χ1v) is 3.20. The molecule has 0 fully saturated rings. The molecule has 3 heteroatoms. The highest BCUT2D eigenvalue weighted by Crippen LogP contribution is 1.97. The lowest BCUT2D eigenvalue weighted by Gasteiger charge is -2.18. The van der Waals surface area contributed by atoms with E-state index in [1.807, 2.05) is 6.92 Å². The molecule has 0 amide bonds. The predicted octanol–water partition coefficient (Wildman–Crippen LogP) is 0.295. The van der Waals surface area contributed by atoms with Crippen molar-refractivity contribution >= 4 is 0 Å². The summed E-state index contributed by atoms with van der Waals surface area (Å²) in [5.74, 6) is 0. The van der Waals surface area contributed by atoms with Crippen molar-refractivity contribution in [1.82, 2.24) is 5.48 Å². The van der Waals surface area contributed by atoms with E-state index in [9.17, 15) is 0 Å². The quantitative estimate of drug-likeness (QED) is 0.481. The van der Waals surface area contributed by atoms with Crippen LogP contribution in [0.4, 0.5) is 0 Å². The van der Waals surface area contributed by atoms with Gasteiger partial charge in [0.1, 0.15) is 0 Å². The van der Waals surface area contributed by atoms with Gasteiger partial charge in [-0.1, -0.05) is 13.8 Å². The van der Waals surface area contributed by atoms with Crippen molar-refractivity contribution in [2.45, 2.75) is 31.8 Å². The van der Waals surface area contributed by atoms with Gasteiger partial charge in [-0.2, -0.15) is 0 Å². The molecule has 4 N–H and O–H groups in total. The number of nitrogens with two attached hydrogens (primary N) is 1. The third-order valence-corrected chi connectivity index (χ3v) is 1.46. The molecular weight excluding hydrogens is 116 g/mol. The highest BCUT2D eigenvalue weighted by molar-refractivity contribution is 4.75. The van der Waals surface area contributed by atoms with Crippen molar-refractivity contribution < 1.29 is 5.21 Å². The summed E-state index contributed by atoms with van der Waals surface area (Å²) < 4.78 is 0. The van der Waals surface area contributed by atoms with Gasteiger partial charge in [0.25, 0.3) is 0 Å². The second-order valence-corrected chi connectivity index (χ2v) is 2.10.